The maximum absolute atomic E-state index is 12.5. The Bertz CT molecular complexity index is 722. The van der Waals surface area contributed by atoms with Gasteiger partial charge in [0, 0.05) is 12.8 Å². The van der Waals surface area contributed by atoms with Gasteiger partial charge in [0.05, 0.1) is 0 Å². The van der Waals surface area contributed by atoms with Crippen molar-refractivity contribution in [2.75, 3.05) is 6.54 Å². The molecule has 0 aliphatic carbocycles. The van der Waals surface area contributed by atoms with Crippen LogP contribution >= 0.6 is 0 Å². The van der Waals surface area contributed by atoms with E-state index in [0.717, 1.165) is 51.4 Å². The van der Waals surface area contributed by atoms with E-state index in [0.29, 0.717) is 38.6 Å². The van der Waals surface area contributed by atoms with E-state index in [4.69, 9.17) is 10.5 Å². The molecule has 0 spiro atoms. The van der Waals surface area contributed by atoms with E-state index < -0.39 is 12.0 Å². The number of carboxylic acid groups (broad SMARTS) is 1. The van der Waals surface area contributed by atoms with Gasteiger partial charge in [-0.05, 0) is 64.0 Å². The molecular formula is C35H64N2O5. The molecule has 4 N–H and O–H groups in total. The summed E-state index contributed by atoms with van der Waals surface area (Å²) in [5, 5.41) is 11.9. The highest BCUT2D eigenvalue weighted by Crippen LogP contribution is 2.15. The van der Waals surface area contributed by atoms with E-state index >= 15 is 0 Å². The van der Waals surface area contributed by atoms with Gasteiger partial charge in [-0.15, -0.1) is 0 Å². The molecule has 0 radical (unpaired) electrons. The maximum atomic E-state index is 12.5. The molecule has 7 nitrogen and oxygen atoms in total. The number of carbonyl (C=O) groups is 3. The van der Waals surface area contributed by atoms with Crippen molar-refractivity contribution in [3.8, 4) is 0 Å². The van der Waals surface area contributed by atoms with Crippen molar-refractivity contribution in [2.24, 2.45) is 5.73 Å². The molecule has 7 heteroatoms. The van der Waals surface area contributed by atoms with E-state index in [1.165, 1.54) is 64.2 Å². The summed E-state index contributed by atoms with van der Waals surface area (Å²) in [6.45, 7) is 4.84. The molecular weight excluding hydrogens is 528 g/mol. The third-order valence-electron chi connectivity index (χ3n) is 7.50. The minimum atomic E-state index is -1.02. The number of aliphatic carboxylic acids is 1. The minimum absolute atomic E-state index is 0.109. The SMILES string of the molecule is CCCC/C=C\C/C=C\C(CCCCCCC(=O)NC(CCCN)C(=O)O)OC(=O)CCCCCCCCCCCC. The number of hydrogen-bond donors (Lipinski definition) is 3. The zero-order valence-electron chi connectivity index (χ0n) is 27.1. The van der Waals surface area contributed by atoms with Gasteiger partial charge in [0.25, 0.3) is 0 Å². The zero-order chi connectivity index (χ0) is 31.1. The first-order valence-electron chi connectivity index (χ1n) is 17.2. The predicted octanol–water partition coefficient (Wildman–Crippen LogP) is 8.55. The van der Waals surface area contributed by atoms with Gasteiger partial charge in [0.15, 0.2) is 0 Å². The summed E-state index contributed by atoms with van der Waals surface area (Å²) >= 11 is 0. The largest absolute Gasteiger partial charge is 0.480 e. The molecule has 0 rings (SSSR count). The number of rotatable bonds is 30. The highest BCUT2D eigenvalue weighted by Gasteiger charge is 2.18. The third kappa shape index (κ3) is 26.7. The Kier molecular flexibility index (Phi) is 28.8. The Morgan fingerprint density at radius 3 is 1.93 bits per heavy atom. The average Bonchev–Trinajstić information content (AvgIpc) is 2.97. The molecule has 0 fully saturated rings. The molecule has 0 bridgehead atoms. The van der Waals surface area contributed by atoms with Gasteiger partial charge in [-0.2, -0.15) is 0 Å². The number of esters is 1. The molecule has 0 saturated carbocycles. The lowest BCUT2D eigenvalue weighted by Gasteiger charge is -2.15. The Balaban J connectivity index is 4.37. The van der Waals surface area contributed by atoms with Crippen LogP contribution in [-0.2, 0) is 19.1 Å². The smallest absolute Gasteiger partial charge is 0.326 e. The van der Waals surface area contributed by atoms with Crippen LogP contribution in [0.2, 0.25) is 0 Å². The van der Waals surface area contributed by atoms with Crippen molar-refractivity contribution in [1.82, 2.24) is 5.32 Å². The number of ether oxygens (including phenoxy) is 1. The fourth-order valence-electron chi connectivity index (χ4n) is 4.85. The first-order valence-corrected chi connectivity index (χ1v) is 17.2. The second-order valence-electron chi connectivity index (χ2n) is 11.6. The lowest BCUT2D eigenvalue weighted by Crippen LogP contribution is -2.40. The summed E-state index contributed by atoms with van der Waals surface area (Å²) in [5.74, 6) is -1.36. The van der Waals surface area contributed by atoms with Crippen LogP contribution in [-0.4, -0.2) is 41.6 Å². The van der Waals surface area contributed by atoms with Gasteiger partial charge < -0.3 is 20.9 Å². The Labute approximate surface area is 257 Å². The quantitative estimate of drug-likeness (QED) is 0.0437. The van der Waals surface area contributed by atoms with Gasteiger partial charge in [-0.1, -0.05) is 116 Å². The van der Waals surface area contributed by atoms with Crippen LogP contribution in [0.1, 0.15) is 162 Å². The van der Waals surface area contributed by atoms with Crippen molar-refractivity contribution in [2.45, 2.75) is 174 Å². The van der Waals surface area contributed by atoms with E-state index in [-0.39, 0.29) is 18.0 Å². The van der Waals surface area contributed by atoms with E-state index in [9.17, 15) is 19.5 Å². The van der Waals surface area contributed by atoms with Crippen LogP contribution in [0.15, 0.2) is 24.3 Å². The fraction of sp³-hybridized carbons (Fsp3) is 0.800. The van der Waals surface area contributed by atoms with Crippen LogP contribution in [0.4, 0.5) is 0 Å². The van der Waals surface area contributed by atoms with Crippen LogP contribution in [0, 0.1) is 0 Å². The Morgan fingerprint density at radius 2 is 1.31 bits per heavy atom. The number of carboxylic acids is 1. The summed E-state index contributed by atoms with van der Waals surface area (Å²) in [5.41, 5.74) is 5.45. The van der Waals surface area contributed by atoms with Crippen molar-refractivity contribution >= 4 is 17.8 Å². The molecule has 0 saturated heterocycles. The van der Waals surface area contributed by atoms with Gasteiger partial charge >= 0.3 is 11.9 Å². The Morgan fingerprint density at radius 1 is 0.714 bits per heavy atom. The lowest BCUT2D eigenvalue weighted by atomic mass is 10.1. The van der Waals surface area contributed by atoms with E-state index in [2.05, 4.69) is 37.4 Å². The molecule has 2 atom stereocenters. The lowest BCUT2D eigenvalue weighted by molar-refractivity contribution is -0.147. The van der Waals surface area contributed by atoms with Crippen molar-refractivity contribution in [1.29, 1.82) is 0 Å². The molecule has 0 aliphatic rings. The number of carbonyl (C=O) groups excluding carboxylic acids is 2. The number of nitrogens with two attached hydrogens (primary N) is 1. The summed E-state index contributed by atoms with van der Waals surface area (Å²) in [4.78, 5) is 36.0. The van der Waals surface area contributed by atoms with Crippen LogP contribution in [0.5, 0.6) is 0 Å². The van der Waals surface area contributed by atoms with E-state index in [1.54, 1.807) is 0 Å². The number of hydrogen-bond acceptors (Lipinski definition) is 5. The topological polar surface area (TPSA) is 119 Å². The number of nitrogens with one attached hydrogen (secondary N) is 1. The van der Waals surface area contributed by atoms with Gasteiger partial charge in [0.1, 0.15) is 12.1 Å². The van der Waals surface area contributed by atoms with Crippen molar-refractivity contribution in [3.05, 3.63) is 24.3 Å². The third-order valence-corrected chi connectivity index (χ3v) is 7.50. The summed E-state index contributed by atoms with van der Waals surface area (Å²) in [7, 11) is 0. The molecule has 0 aromatic carbocycles. The summed E-state index contributed by atoms with van der Waals surface area (Å²) in [6.07, 6.45) is 30.9. The minimum Gasteiger partial charge on any atom is -0.480 e. The van der Waals surface area contributed by atoms with Crippen molar-refractivity contribution < 1.29 is 24.2 Å². The molecule has 0 heterocycles. The highest BCUT2D eigenvalue weighted by molar-refractivity contribution is 5.83. The van der Waals surface area contributed by atoms with Crippen LogP contribution in [0.25, 0.3) is 0 Å². The van der Waals surface area contributed by atoms with Gasteiger partial charge in [-0.3, -0.25) is 9.59 Å². The van der Waals surface area contributed by atoms with E-state index in [1.807, 2.05) is 6.08 Å². The van der Waals surface area contributed by atoms with Crippen LogP contribution in [0.3, 0.4) is 0 Å². The number of amides is 1. The molecule has 0 aromatic rings. The second-order valence-corrected chi connectivity index (χ2v) is 11.6. The average molecular weight is 593 g/mol. The monoisotopic (exact) mass is 592 g/mol. The molecule has 1 amide bonds. The number of unbranched alkanes of at least 4 members (excludes halogenated alkanes) is 14. The first-order chi connectivity index (χ1) is 20.4. The number of allylic oxidation sites excluding steroid dienone is 3. The molecule has 0 aromatic heterocycles. The highest BCUT2D eigenvalue weighted by atomic mass is 16.5. The first kappa shape index (κ1) is 39.8. The second kappa shape index (κ2) is 30.3. The zero-order valence-corrected chi connectivity index (χ0v) is 27.1. The van der Waals surface area contributed by atoms with Crippen molar-refractivity contribution in [3.63, 3.8) is 0 Å². The predicted molar refractivity (Wildman–Crippen MR) is 174 cm³/mol. The standard InChI is InChI=1S/C35H64N2O5/c1-3-5-7-9-11-12-13-15-17-23-29-34(39)42-31(25-20-16-14-10-8-6-4-2)26-21-18-19-22-28-33(38)37-32(35(40)41)27-24-30-36/h10,14,20,25,31-32H,3-9,11-13,15-19,21-24,26-30,36H2,1-2H3,(H,37,38)(H,40,41)/b14-10-,25-20-. The fourth-order valence-corrected chi connectivity index (χ4v) is 4.85. The molecule has 0 aliphatic heterocycles. The van der Waals surface area contributed by atoms with Crippen LogP contribution < -0.4 is 11.1 Å². The van der Waals surface area contributed by atoms with Gasteiger partial charge in [0.2, 0.25) is 5.91 Å². The Hall–Kier alpha value is -2.15. The van der Waals surface area contributed by atoms with Gasteiger partial charge in [-0.25, -0.2) is 4.79 Å². The molecule has 42 heavy (non-hydrogen) atoms. The normalized spacial score (nSPS) is 13.0. The molecule has 2 unspecified atom stereocenters. The summed E-state index contributed by atoms with van der Waals surface area (Å²) in [6, 6.07) is -0.870. The molecule has 244 valence electrons. The maximum Gasteiger partial charge on any atom is 0.326 e. The summed E-state index contributed by atoms with van der Waals surface area (Å²) < 4.78 is 5.84.